The topological polar surface area (TPSA) is 37.3 Å². The largest absolute Gasteiger partial charge is 0.481 e. The summed E-state index contributed by atoms with van der Waals surface area (Å²) in [4.78, 5) is 11.1. The fourth-order valence-electron chi connectivity index (χ4n) is 1.82. The van der Waals surface area contributed by atoms with E-state index in [4.69, 9.17) is 5.11 Å². The first-order chi connectivity index (χ1) is 8.77. The summed E-state index contributed by atoms with van der Waals surface area (Å²) >= 11 is 0. The molecule has 1 aromatic rings. The van der Waals surface area contributed by atoms with Crippen LogP contribution in [0, 0.1) is 5.82 Å². The van der Waals surface area contributed by atoms with Gasteiger partial charge in [0.2, 0.25) is 0 Å². The molecular formula is C13H14F4O2. The van der Waals surface area contributed by atoms with E-state index >= 15 is 0 Å². The van der Waals surface area contributed by atoms with E-state index in [1.807, 2.05) is 6.92 Å². The summed E-state index contributed by atoms with van der Waals surface area (Å²) in [5.74, 6) is -3.63. The van der Waals surface area contributed by atoms with Crippen LogP contribution in [0.1, 0.15) is 43.2 Å². The first kappa shape index (κ1) is 15.5. The van der Waals surface area contributed by atoms with Gasteiger partial charge in [0.15, 0.2) is 0 Å². The zero-order valence-corrected chi connectivity index (χ0v) is 10.3. The van der Waals surface area contributed by atoms with Crippen molar-refractivity contribution in [3.8, 4) is 0 Å². The van der Waals surface area contributed by atoms with Crippen LogP contribution in [0.5, 0.6) is 0 Å². The summed E-state index contributed by atoms with van der Waals surface area (Å²) in [6.07, 6.45) is -3.28. The van der Waals surface area contributed by atoms with E-state index in [1.54, 1.807) is 0 Å². The van der Waals surface area contributed by atoms with E-state index < -0.39 is 29.4 Å². The number of unbranched alkanes of at least 4 members (excludes halogenated alkanes) is 1. The molecule has 1 unspecified atom stereocenters. The fraction of sp³-hybridized carbons (Fsp3) is 0.462. The third-order valence-corrected chi connectivity index (χ3v) is 2.84. The highest BCUT2D eigenvalue weighted by Gasteiger charge is 2.35. The van der Waals surface area contributed by atoms with E-state index in [-0.39, 0.29) is 12.0 Å². The van der Waals surface area contributed by atoms with Gasteiger partial charge in [0, 0.05) is 0 Å². The van der Waals surface area contributed by atoms with Gasteiger partial charge in [-0.05, 0) is 24.1 Å². The van der Waals surface area contributed by atoms with Crippen LogP contribution in [0.4, 0.5) is 17.6 Å². The van der Waals surface area contributed by atoms with Crippen molar-refractivity contribution in [2.45, 2.75) is 38.3 Å². The number of aliphatic carboxylic acids is 1. The first-order valence-corrected chi connectivity index (χ1v) is 5.86. The number of carbonyl (C=O) groups is 1. The third kappa shape index (κ3) is 3.94. The molecule has 0 aliphatic rings. The molecule has 0 amide bonds. The van der Waals surface area contributed by atoms with E-state index in [9.17, 15) is 22.4 Å². The molecule has 106 valence electrons. The highest BCUT2D eigenvalue weighted by Crippen LogP contribution is 2.34. The van der Waals surface area contributed by atoms with Crippen molar-refractivity contribution in [1.29, 1.82) is 0 Å². The number of hydrogen-bond donors (Lipinski definition) is 1. The quantitative estimate of drug-likeness (QED) is 0.819. The van der Waals surface area contributed by atoms with Gasteiger partial charge in [-0.25, -0.2) is 4.39 Å². The molecule has 0 bridgehead atoms. The Bertz CT molecular complexity index is 454. The maximum absolute atomic E-state index is 13.1. The minimum Gasteiger partial charge on any atom is -0.481 e. The summed E-state index contributed by atoms with van der Waals surface area (Å²) in [6.45, 7) is 1.85. The van der Waals surface area contributed by atoms with Gasteiger partial charge >= 0.3 is 12.1 Å². The number of rotatable bonds is 5. The number of carboxylic acids is 1. The van der Waals surface area contributed by atoms with E-state index in [1.165, 1.54) is 0 Å². The van der Waals surface area contributed by atoms with Gasteiger partial charge in [-0.1, -0.05) is 25.8 Å². The Morgan fingerprint density at radius 2 is 2.00 bits per heavy atom. The predicted molar refractivity (Wildman–Crippen MR) is 61.3 cm³/mol. The average Bonchev–Trinajstić information content (AvgIpc) is 2.29. The smallest absolute Gasteiger partial charge is 0.419 e. The van der Waals surface area contributed by atoms with Crippen molar-refractivity contribution >= 4 is 5.97 Å². The highest BCUT2D eigenvalue weighted by molar-refractivity contribution is 5.76. The van der Waals surface area contributed by atoms with Crippen molar-refractivity contribution < 1.29 is 27.5 Å². The van der Waals surface area contributed by atoms with Gasteiger partial charge in [-0.15, -0.1) is 0 Å². The highest BCUT2D eigenvalue weighted by atomic mass is 19.4. The molecule has 0 saturated heterocycles. The zero-order chi connectivity index (χ0) is 14.6. The third-order valence-electron chi connectivity index (χ3n) is 2.84. The molecule has 1 N–H and O–H groups in total. The molecule has 0 radical (unpaired) electrons. The monoisotopic (exact) mass is 278 g/mol. The molecular weight excluding hydrogens is 264 g/mol. The number of benzene rings is 1. The van der Waals surface area contributed by atoms with Crippen LogP contribution in [0.3, 0.4) is 0 Å². The second-order valence-electron chi connectivity index (χ2n) is 4.27. The summed E-state index contributed by atoms with van der Waals surface area (Å²) in [7, 11) is 0. The number of carboxylic acid groups (broad SMARTS) is 1. The predicted octanol–water partition coefficient (Wildman–Crippen LogP) is 4.20. The molecule has 0 aliphatic heterocycles. The van der Waals surface area contributed by atoms with Crippen LogP contribution in [-0.4, -0.2) is 11.1 Å². The van der Waals surface area contributed by atoms with Gasteiger partial charge in [0.25, 0.3) is 0 Å². The number of hydrogen-bond acceptors (Lipinski definition) is 1. The lowest BCUT2D eigenvalue weighted by Crippen LogP contribution is -2.14. The van der Waals surface area contributed by atoms with Crippen molar-refractivity contribution in [3.05, 3.63) is 35.1 Å². The SMILES string of the molecule is CCCCC(C(=O)O)c1ccc(F)c(C(F)(F)F)c1. The van der Waals surface area contributed by atoms with Crippen LogP contribution in [0.2, 0.25) is 0 Å². The lowest BCUT2D eigenvalue weighted by atomic mass is 9.92. The van der Waals surface area contributed by atoms with Crippen LogP contribution in [0.25, 0.3) is 0 Å². The van der Waals surface area contributed by atoms with Crippen molar-refractivity contribution in [2.24, 2.45) is 0 Å². The summed E-state index contributed by atoms with van der Waals surface area (Å²) in [6, 6.07) is 2.35. The molecule has 1 aromatic carbocycles. The van der Waals surface area contributed by atoms with Crippen molar-refractivity contribution in [1.82, 2.24) is 0 Å². The normalized spacial score (nSPS) is 13.3. The second-order valence-corrected chi connectivity index (χ2v) is 4.27. The minimum atomic E-state index is -4.83. The molecule has 6 heteroatoms. The van der Waals surface area contributed by atoms with Crippen LogP contribution < -0.4 is 0 Å². The molecule has 1 atom stereocenters. The molecule has 2 nitrogen and oxygen atoms in total. The Labute approximate surface area is 108 Å². The summed E-state index contributed by atoms with van der Waals surface area (Å²) in [5.41, 5.74) is -1.44. The Morgan fingerprint density at radius 3 is 2.47 bits per heavy atom. The lowest BCUT2D eigenvalue weighted by Gasteiger charge is -2.15. The van der Waals surface area contributed by atoms with Gasteiger partial charge in [-0.2, -0.15) is 13.2 Å². The molecule has 0 aliphatic carbocycles. The minimum absolute atomic E-state index is 0.0188. The fourth-order valence-corrected chi connectivity index (χ4v) is 1.82. The average molecular weight is 278 g/mol. The van der Waals surface area contributed by atoms with E-state index in [0.29, 0.717) is 18.6 Å². The Balaban J connectivity index is 3.15. The summed E-state index contributed by atoms with van der Waals surface area (Å²) in [5, 5.41) is 9.04. The Kier molecular flexibility index (Phi) is 4.91. The second kappa shape index (κ2) is 6.04. The molecule has 0 spiro atoms. The van der Waals surface area contributed by atoms with E-state index in [0.717, 1.165) is 12.5 Å². The zero-order valence-electron chi connectivity index (χ0n) is 10.3. The molecule has 1 rings (SSSR count). The Morgan fingerprint density at radius 1 is 1.37 bits per heavy atom. The molecule has 0 aromatic heterocycles. The van der Waals surface area contributed by atoms with Crippen molar-refractivity contribution in [3.63, 3.8) is 0 Å². The number of alkyl halides is 3. The van der Waals surface area contributed by atoms with E-state index in [2.05, 4.69) is 0 Å². The van der Waals surface area contributed by atoms with Crippen LogP contribution in [0.15, 0.2) is 18.2 Å². The summed E-state index contributed by atoms with van der Waals surface area (Å²) < 4.78 is 50.8. The van der Waals surface area contributed by atoms with Crippen LogP contribution in [-0.2, 0) is 11.0 Å². The van der Waals surface area contributed by atoms with Gasteiger partial charge < -0.3 is 5.11 Å². The molecule has 0 fully saturated rings. The van der Waals surface area contributed by atoms with Gasteiger partial charge in [-0.3, -0.25) is 4.79 Å². The number of halogens is 4. The van der Waals surface area contributed by atoms with Gasteiger partial charge in [0.1, 0.15) is 5.82 Å². The molecule has 0 heterocycles. The maximum Gasteiger partial charge on any atom is 0.419 e. The lowest BCUT2D eigenvalue weighted by molar-refractivity contribution is -0.141. The maximum atomic E-state index is 13.1. The Hall–Kier alpha value is -1.59. The van der Waals surface area contributed by atoms with Crippen LogP contribution >= 0.6 is 0 Å². The molecule has 19 heavy (non-hydrogen) atoms. The first-order valence-electron chi connectivity index (χ1n) is 5.86. The standard InChI is InChI=1S/C13H14F4O2/c1-2-3-4-9(12(18)19)8-5-6-11(14)10(7-8)13(15,16)17/h5-7,9H,2-4H2,1H3,(H,18,19). The van der Waals surface area contributed by atoms with Gasteiger partial charge in [0.05, 0.1) is 11.5 Å². The van der Waals surface area contributed by atoms with Crippen molar-refractivity contribution in [2.75, 3.05) is 0 Å². The molecule has 0 saturated carbocycles.